The van der Waals surface area contributed by atoms with Crippen LogP contribution in [0.5, 0.6) is 0 Å². The van der Waals surface area contributed by atoms with Crippen molar-refractivity contribution in [1.29, 1.82) is 0 Å². The fraction of sp³-hybridized carbons (Fsp3) is 0.0323. The van der Waals surface area contributed by atoms with Crippen molar-refractivity contribution >= 4 is 32.8 Å². The summed E-state index contributed by atoms with van der Waals surface area (Å²) in [5.41, 5.74) is 4.01. The molecule has 3 aromatic heterocycles. The summed E-state index contributed by atoms with van der Waals surface area (Å²) in [6.45, 7) is 0. The standard InChI is InChI=1S/C31H20F2N4/c32-31(33,21-8-7-9-23(18-21)36-20-35-26-11-2-4-13-28(26)36)22-15-16-25-24-10-1-3-12-27(24)37(29(25)19-22)30-14-5-6-17-34-30/h1-20H/p+1. The van der Waals surface area contributed by atoms with E-state index in [0.717, 1.165) is 27.3 Å². The zero-order valence-electron chi connectivity index (χ0n) is 19.6. The summed E-state index contributed by atoms with van der Waals surface area (Å²) in [4.78, 5) is 7.70. The van der Waals surface area contributed by atoms with Gasteiger partial charge in [-0.3, -0.25) is 4.57 Å². The van der Waals surface area contributed by atoms with E-state index >= 15 is 8.78 Å². The third-order valence-electron chi connectivity index (χ3n) is 6.91. The molecule has 3 heterocycles. The molecule has 0 spiro atoms. The molecule has 0 atom stereocenters. The van der Waals surface area contributed by atoms with Crippen molar-refractivity contribution in [2.75, 3.05) is 0 Å². The molecular formula is C31H21F2N4+. The Morgan fingerprint density at radius 2 is 1.49 bits per heavy atom. The Balaban J connectivity index is 1.40. The molecule has 178 valence electrons. The van der Waals surface area contributed by atoms with Crippen LogP contribution in [0.1, 0.15) is 11.1 Å². The van der Waals surface area contributed by atoms with E-state index in [0.29, 0.717) is 17.0 Å². The Labute approximate surface area is 211 Å². The minimum atomic E-state index is -3.21. The number of imidazole rings is 1. The van der Waals surface area contributed by atoms with Gasteiger partial charge in [-0.15, -0.1) is 0 Å². The van der Waals surface area contributed by atoms with Gasteiger partial charge in [0.25, 0.3) is 5.92 Å². The number of aromatic amines is 1. The highest BCUT2D eigenvalue weighted by Crippen LogP contribution is 2.40. The molecule has 0 saturated heterocycles. The van der Waals surface area contributed by atoms with E-state index in [4.69, 9.17) is 0 Å². The van der Waals surface area contributed by atoms with Gasteiger partial charge in [0.05, 0.1) is 11.0 Å². The zero-order valence-corrected chi connectivity index (χ0v) is 19.6. The number of rotatable bonds is 4. The number of benzene rings is 4. The van der Waals surface area contributed by atoms with E-state index in [1.807, 2.05) is 81.9 Å². The normalized spacial score (nSPS) is 12.1. The molecule has 37 heavy (non-hydrogen) atoms. The average molecular weight is 488 g/mol. The average Bonchev–Trinajstić information content (AvgIpc) is 3.53. The number of nitrogens with zero attached hydrogens (tertiary/aromatic N) is 3. The van der Waals surface area contributed by atoms with Gasteiger partial charge in [-0.2, -0.15) is 13.3 Å². The second-order valence-electron chi connectivity index (χ2n) is 9.06. The van der Waals surface area contributed by atoms with Crippen molar-refractivity contribution < 1.29 is 13.3 Å². The smallest absolute Gasteiger partial charge is 0.294 e. The van der Waals surface area contributed by atoms with Gasteiger partial charge in [0, 0.05) is 28.1 Å². The van der Waals surface area contributed by atoms with Gasteiger partial charge in [-0.05, 0) is 48.5 Å². The fourth-order valence-corrected chi connectivity index (χ4v) is 5.14. The second kappa shape index (κ2) is 8.10. The highest BCUT2D eigenvalue weighted by Gasteiger charge is 2.35. The number of alkyl halides is 2. The summed E-state index contributed by atoms with van der Waals surface area (Å²) in [5, 5.41) is 1.90. The van der Waals surface area contributed by atoms with E-state index in [1.165, 1.54) is 12.1 Å². The van der Waals surface area contributed by atoms with E-state index in [1.54, 1.807) is 36.8 Å². The maximum atomic E-state index is 16.1. The Morgan fingerprint density at radius 1 is 0.703 bits per heavy atom. The summed E-state index contributed by atoms with van der Waals surface area (Å²) in [5.74, 6) is -2.52. The van der Waals surface area contributed by atoms with Crippen LogP contribution < -0.4 is 4.57 Å². The van der Waals surface area contributed by atoms with Gasteiger partial charge < -0.3 is 0 Å². The Hall–Kier alpha value is -4.84. The molecular weight excluding hydrogens is 466 g/mol. The van der Waals surface area contributed by atoms with Gasteiger partial charge in [-0.25, -0.2) is 9.97 Å². The highest BCUT2D eigenvalue weighted by atomic mass is 19.3. The first-order valence-corrected chi connectivity index (χ1v) is 12.0. The molecule has 0 amide bonds. The van der Waals surface area contributed by atoms with Crippen molar-refractivity contribution in [2.24, 2.45) is 0 Å². The number of pyridine rings is 1. The number of para-hydroxylation sites is 3. The van der Waals surface area contributed by atoms with Crippen molar-refractivity contribution in [3.05, 3.63) is 133 Å². The second-order valence-corrected chi connectivity index (χ2v) is 9.06. The molecule has 0 aliphatic carbocycles. The fourth-order valence-electron chi connectivity index (χ4n) is 5.14. The summed E-state index contributed by atoms with van der Waals surface area (Å²) in [6.07, 6.45) is 3.50. The molecule has 7 rings (SSSR count). The SMILES string of the molecule is FC(F)(c1cccc(-[n+]2c[nH]c3ccccc32)c1)c1ccc2c3ccccc3n(-c3ccccn3)c2c1. The van der Waals surface area contributed by atoms with Crippen LogP contribution in [0.2, 0.25) is 0 Å². The summed E-state index contributed by atoms with van der Waals surface area (Å²) in [7, 11) is 0. The molecule has 0 bridgehead atoms. The monoisotopic (exact) mass is 487 g/mol. The first kappa shape index (κ1) is 21.4. The number of hydrogen-bond donors (Lipinski definition) is 1. The number of fused-ring (bicyclic) bond motifs is 4. The summed E-state index contributed by atoms with van der Waals surface area (Å²) in [6, 6.07) is 32.8. The molecule has 6 heteroatoms. The Morgan fingerprint density at radius 3 is 2.38 bits per heavy atom. The Kier molecular flexibility index (Phi) is 4.69. The van der Waals surface area contributed by atoms with E-state index in [-0.39, 0.29) is 11.1 Å². The van der Waals surface area contributed by atoms with Crippen molar-refractivity contribution in [3.8, 4) is 11.5 Å². The van der Waals surface area contributed by atoms with Crippen LogP contribution >= 0.6 is 0 Å². The molecule has 0 radical (unpaired) electrons. The largest absolute Gasteiger partial charge is 0.298 e. The van der Waals surface area contributed by atoms with Crippen molar-refractivity contribution in [2.45, 2.75) is 5.92 Å². The third-order valence-corrected chi connectivity index (χ3v) is 6.91. The zero-order chi connectivity index (χ0) is 25.0. The van der Waals surface area contributed by atoms with Crippen LogP contribution in [0.4, 0.5) is 8.78 Å². The minimum Gasteiger partial charge on any atom is -0.294 e. The van der Waals surface area contributed by atoms with Gasteiger partial charge in [0.1, 0.15) is 11.5 Å². The number of H-pyrrole nitrogens is 1. The van der Waals surface area contributed by atoms with Crippen LogP contribution in [0.3, 0.4) is 0 Å². The summed E-state index contributed by atoms with van der Waals surface area (Å²) >= 11 is 0. The number of nitrogens with one attached hydrogen (secondary N) is 1. The van der Waals surface area contributed by atoms with Crippen LogP contribution in [-0.4, -0.2) is 14.5 Å². The molecule has 4 nitrogen and oxygen atoms in total. The maximum absolute atomic E-state index is 16.1. The van der Waals surface area contributed by atoms with E-state index in [2.05, 4.69) is 9.97 Å². The molecule has 0 saturated carbocycles. The van der Waals surface area contributed by atoms with E-state index in [9.17, 15) is 0 Å². The van der Waals surface area contributed by atoms with E-state index < -0.39 is 5.92 Å². The quantitative estimate of drug-likeness (QED) is 0.265. The van der Waals surface area contributed by atoms with Crippen molar-refractivity contribution in [3.63, 3.8) is 0 Å². The lowest BCUT2D eigenvalue weighted by Gasteiger charge is -2.18. The number of hydrogen-bond acceptors (Lipinski definition) is 1. The number of halogens is 2. The lowest BCUT2D eigenvalue weighted by atomic mass is 9.98. The maximum Gasteiger partial charge on any atom is 0.298 e. The molecule has 7 aromatic rings. The topological polar surface area (TPSA) is 37.5 Å². The lowest BCUT2D eigenvalue weighted by molar-refractivity contribution is -0.567. The third kappa shape index (κ3) is 3.33. The Bertz CT molecular complexity index is 1920. The van der Waals surface area contributed by atoms with Crippen LogP contribution in [0.15, 0.2) is 122 Å². The molecule has 0 aliphatic heterocycles. The molecule has 0 unspecified atom stereocenters. The first-order chi connectivity index (χ1) is 18.1. The van der Waals surface area contributed by atoms with Crippen molar-refractivity contribution in [1.82, 2.24) is 14.5 Å². The van der Waals surface area contributed by atoms with Crippen LogP contribution in [0.25, 0.3) is 44.3 Å². The predicted molar refractivity (Wildman–Crippen MR) is 141 cm³/mol. The molecule has 4 aromatic carbocycles. The molecule has 0 aliphatic rings. The highest BCUT2D eigenvalue weighted by molar-refractivity contribution is 6.09. The van der Waals surface area contributed by atoms with Crippen LogP contribution in [0, 0.1) is 0 Å². The van der Waals surface area contributed by atoms with Crippen LogP contribution in [-0.2, 0) is 5.92 Å². The molecule has 1 N–H and O–H groups in total. The predicted octanol–water partition coefficient (Wildman–Crippen LogP) is 7.08. The summed E-state index contributed by atoms with van der Waals surface area (Å²) < 4.78 is 36.0. The van der Waals surface area contributed by atoms with Gasteiger partial charge in [-0.1, -0.05) is 60.7 Å². The number of aromatic nitrogens is 4. The van der Waals surface area contributed by atoms with Gasteiger partial charge in [0.2, 0.25) is 6.33 Å². The lowest BCUT2D eigenvalue weighted by Crippen LogP contribution is -2.29. The first-order valence-electron chi connectivity index (χ1n) is 12.0. The minimum absolute atomic E-state index is 0.0670. The molecule has 0 fully saturated rings. The van der Waals surface area contributed by atoms with Gasteiger partial charge in [0.15, 0.2) is 11.0 Å². The van der Waals surface area contributed by atoms with Gasteiger partial charge >= 0.3 is 0 Å².